The summed E-state index contributed by atoms with van der Waals surface area (Å²) in [7, 11) is 0. The fraction of sp³-hybridized carbons (Fsp3) is 0.400. The Bertz CT molecular complexity index is 946. The van der Waals surface area contributed by atoms with Gasteiger partial charge in [-0.15, -0.1) is 0 Å². The number of aliphatic carboxylic acids is 2. The molecule has 4 N–H and O–H groups in total. The van der Waals surface area contributed by atoms with E-state index in [2.05, 4.69) is 23.3 Å². The van der Waals surface area contributed by atoms with Crippen molar-refractivity contribution in [2.24, 2.45) is 11.3 Å². The molecule has 0 saturated carbocycles. The molecule has 0 saturated heterocycles. The van der Waals surface area contributed by atoms with Gasteiger partial charge in [-0.3, -0.25) is 9.59 Å². The predicted octanol–water partition coefficient (Wildman–Crippen LogP) is 4.06. The van der Waals surface area contributed by atoms with Crippen LogP contribution in [0.25, 0.3) is 0 Å². The Hall–Kier alpha value is -3.00. The number of thiol groups is 1. The molecule has 0 aliphatic heterocycles. The molecule has 0 aliphatic rings. The largest absolute Gasteiger partial charge is 0.481 e. The molecule has 0 fully saturated rings. The van der Waals surface area contributed by atoms with Gasteiger partial charge in [-0.05, 0) is 29.5 Å². The minimum absolute atomic E-state index is 0.0310. The molecule has 0 bridgehead atoms. The van der Waals surface area contributed by atoms with Gasteiger partial charge in [0.1, 0.15) is 0 Å². The van der Waals surface area contributed by atoms with Crippen LogP contribution in [0.5, 0.6) is 0 Å². The second kappa shape index (κ2) is 11.2. The lowest BCUT2D eigenvalue weighted by Crippen LogP contribution is -2.62. The highest BCUT2D eigenvalue weighted by Crippen LogP contribution is 2.34. The third-order valence-electron chi connectivity index (χ3n) is 5.44. The summed E-state index contributed by atoms with van der Waals surface area (Å²) in [5, 5.41) is 25.2. The number of anilines is 1. The normalized spacial score (nSPS) is 15.0. The Morgan fingerprint density at radius 1 is 0.939 bits per heavy atom. The van der Waals surface area contributed by atoms with Crippen molar-refractivity contribution in [2.45, 2.75) is 50.9 Å². The lowest BCUT2D eigenvalue weighted by Gasteiger charge is -2.38. The summed E-state index contributed by atoms with van der Waals surface area (Å²) in [6.07, 6.45) is 0.151. The second-order valence-corrected chi connectivity index (χ2v) is 9.99. The zero-order chi connectivity index (χ0) is 24.6. The summed E-state index contributed by atoms with van der Waals surface area (Å²) in [5.41, 5.74) is -1.30. The molecule has 0 heterocycles. The van der Waals surface area contributed by atoms with E-state index in [0.717, 1.165) is 5.56 Å². The number of amides is 1. The number of carbonyl (C=O) groups excluding carboxylic acids is 1. The van der Waals surface area contributed by atoms with Gasteiger partial charge in [0.15, 0.2) is 0 Å². The maximum absolute atomic E-state index is 12.9. The van der Waals surface area contributed by atoms with E-state index in [1.165, 1.54) is 0 Å². The minimum atomic E-state index is -2.02. The zero-order valence-corrected chi connectivity index (χ0v) is 20.0. The van der Waals surface area contributed by atoms with Gasteiger partial charge in [0.05, 0.1) is 5.92 Å². The number of nitrogens with one attached hydrogen (secondary N) is 2. The fourth-order valence-corrected chi connectivity index (χ4v) is 4.00. The van der Waals surface area contributed by atoms with Gasteiger partial charge in [0.25, 0.3) is 0 Å². The van der Waals surface area contributed by atoms with E-state index in [9.17, 15) is 24.6 Å². The van der Waals surface area contributed by atoms with E-state index in [4.69, 9.17) is 0 Å². The first-order chi connectivity index (χ1) is 15.4. The smallest absolute Gasteiger partial charge is 0.350 e. The van der Waals surface area contributed by atoms with Crippen LogP contribution in [0.1, 0.15) is 39.2 Å². The van der Waals surface area contributed by atoms with Crippen molar-refractivity contribution in [3.63, 3.8) is 0 Å². The molecule has 2 aromatic rings. The van der Waals surface area contributed by atoms with Crippen LogP contribution >= 0.6 is 12.6 Å². The van der Waals surface area contributed by atoms with Crippen molar-refractivity contribution >= 4 is 36.2 Å². The molecule has 1 amide bonds. The first-order valence-corrected chi connectivity index (χ1v) is 11.3. The predicted molar refractivity (Wildman–Crippen MR) is 131 cm³/mol. The van der Waals surface area contributed by atoms with Crippen LogP contribution < -0.4 is 10.6 Å². The van der Waals surface area contributed by atoms with Crippen molar-refractivity contribution in [1.82, 2.24) is 5.32 Å². The summed E-state index contributed by atoms with van der Waals surface area (Å²) in [6.45, 7) is 5.19. The second-order valence-electron chi connectivity index (χ2n) is 9.26. The number of carbonyl (C=O) groups is 3. The van der Waals surface area contributed by atoms with Crippen molar-refractivity contribution in [1.29, 1.82) is 0 Å². The molecule has 2 unspecified atom stereocenters. The molecule has 0 aliphatic carbocycles. The van der Waals surface area contributed by atoms with Gasteiger partial charge >= 0.3 is 11.9 Å². The average molecular weight is 473 g/mol. The zero-order valence-electron chi connectivity index (χ0n) is 19.1. The molecule has 0 aromatic heterocycles. The maximum atomic E-state index is 12.9. The summed E-state index contributed by atoms with van der Waals surface area (Å²) in [6, 6.07) is 18.1. The van der Waals surface area contributed by atoms with Crippen molar-refractivity contribution < 1.29 is 24.6 Å². The monoisotopic (exact) mass is 472 g/mol. The number of benzene rings is 2. The van der Waals surface area contributed by atoms with Gasteiger partial charge < -0.3 is 20.8 Å². The number of hydrogen-bond donors (Lipinski definition) is 5. The Kier molecular flexibility index (Phi) is 8.93. The average Bonchev–Trinajstić information content (AvgIpc) is 2.72. The van der Waals surface area contributed by atoms with E-state index in [0.29, 0.717) is 12.1 Å². The number of rotatable bonds is 11. The first kappa shape index (κ1) is 26.3. The Labute approximate surface area is 200 Å². The SMILES string of the molecule is CC(C)(C)C(C[C@@](NC(=O)CC(S)Cc1ccccc1)(Nc1ccccc1)C(=O)O)C(=O)O. The Morgan fingerprint density at radius 2 is 1.48 bits per heavy atom. The topological polar surface area (TPSA) is 116 Å². The van der Waals surface area contributed by atoms with Crippen molar-refractivity contribution in [2.75, 3.05) is 5.32 Å². The fourth-order valence-electron chi connectivity index (χ4n) is 3.63. The first-order valence-electron chi connectivity index (χ1n) is 10.8. The lowest BCUT2D eigenvalue weighted by atomic mass is 9.75. The molecule has 2 rings (SSSR count). The van der Waals surface area contributed by atoms with Crippen LogP contribution in [0.2, 0.25) is 0 Å². The maximum Gasteiger partial charge on any atom is 0.350 e. The van der Waals surface area contributed by atoms with Gasteiger partial charge in [-0.1, -0.05) is 69.3 Å². The van der Waals surface area contributed by atoms with E-state index < -0.39 is 34.8 Å². The highest BCUT2D eigenvalue weighted by Gasteiger charge is 2.47. The van der Waals surface area contributed by atoms with Crippen LogP contribution in [0.3, 0.4) is 0 Å². The number of carboxylic acid groups (broad SMARTS) is 2. The van der Waals surface area contributed by atoms with E-state index in [-0.39, 0.29) is 18.1 Å². The van der Waals surface area contributed by atoms with Crippen LogP contribution in [0.4, 0.5) is 5.69 Å². The molecule has 178 valence electrons. The van der Waals surface area contributed by atoms with Crippen LogP contribution in [0, 0.1) is 11.3 Å². The van der Waals surface area contributed by atoms with Crippen LogP contribution in [-0.2, 0) is 20.8 Å². The third-order valence-corrected chi connectivity index (χ3v) is 5.80. The molecular formula is C25H32N2O5S. The summed E-state index contributed by atoms with van der Waals surface area (Å²) < 4.78 is 0. The molecular weight excluding hydrogens is 440 g/mol. The molecule has 3 atom stereocenters. The molecule has 0 spiro atoms. The number of para-hydroxylation sites is 1. The molecule has 7 nitrogen and oxygen atoms in total. The van der Waals surface area contributed by atoms with E-state index in [1.807, 2.05) is 30.3 Å². The molecule has 8 heteroatoms. The van der Waals surface area contributed by atoms with Gasteiger partial charge in [0, 0.05) is 23.8 Å². The minimum Gasteiger partial charge on any atom is -0.481 e. The standard InChI is InChI=1S/C25H32N2O5S/c1-24(2,3)20(22(29)30)16-25(23(31)32,26-18-12-8-5-9-13-18)27-21(28)15-19(33)14-17-10-6-4-7-11-17/h4-13,19-20,26,33H,14-16H2,1-3H3,(H,27,28)(H,29,30)(H,31,32)/t19?,20?,25-/m0/s1. The summed E-state index contributed by atoms with van der Waals surface area (Å²) >= 11 is 4.51. The summed E-state index contributed by atoms with van der Waals surface area (Å²) in [5.74, 6) is -4.07. The van der Waals surface area contributed by atoms with Crippen molar-refractivity contribution in [3.05, 3.63) is 66.2 Å². The van der Waals surface area contributed by atoms with E-state index in [1.54, 1.807) is 51.1 Å². The third kappa shape index (κ3) is 7.82. The van der Waals surface area contributed by atoms with Gasteiger partial charge in [-0.2, -0.15) is 12.6 Å². The Morgan fingerprint density at radius 3 is 1.97 bits per heavy atom. The van der Waals surface area contributed by atoms with Crippen molar-refractivity contribution in [3.8, 4) is 0 Å². The quantitative estimate of drug-likeness (QED) is 0.249. The molecule has 0 radical (unpaired) electrons. The van der Waals surface area contributed by atoms with Crippen LogP contribution in [0.15, 0.2) is 60.7 Å². The Balaban J connectivity index is 2.30. The van der Waals surface area contributed by atoms with Gasteiger partial charge in [-0.25, -0.2) is 4.79 Å². The highest BCUT2D eigenvalue weighted by atomic mass is 32.1. The summed E-state index contributed by atoms with van der Waals surface area (Å²) in [4.78, 5) is 37.5. The highest BCUT2D eigenvalue weighted by molar-refractivity contribution is 7.81. The van der Waals surface area contributed by atoms with Gasteiger partial charge in [0.2, 0.25) is 11.6 Å². The molecule has 2 aromatic carbocycles. The molecule has 33 heavy (non-hydrogen) atoms. The van der Waals surface area contributed by atoms with Crippen LogP contribution in [-0.4, -0.2) is 39.0 Å². The number of hydrogen-bond acceptors (Lipinski definition) is 5. The number of carboxylic acids is 2. The van der Waals surface area contributed by atoms with E-state index >= 15 is 0 Å². The lowest BCUT2D eigenvalue weighted by molar-refractivity contribution is -0.152.